The third-order valence-electron chi connectivity index (χ3n) is 5.73. The van der Waals surface area contributed by atoms with Crippen LogP contribution in [0, 0.1) is 0 Å². The third-order valence-corrected chi connectivity index (χ3v) is 7.15. The summed E-state index contributed by atoms with van der Waals surface area (Å²) >= 11 is 0. The Morgan fingerprint density at radius 3 is 2.62 bits per heavy atom. The minimum Gasteiger partial charge on any atom is -0.454 e. The quantitative estimate of drug-likeness (QED) is 0.682. The van der Waals surface area contributed by atoms with Gasteiger partial charge in [-0.25, -0.2) is 13.1 Å². The highest BCUT2D eigenvalue weighted by Crippen LogP contribution is 2.35. The van der Waals surface area contributed by atoms with Gasteiger partial charge in [0.1, 0.15) is 0 Å². The minimum atomic E-state index is -3.72. The fourth-order valence-electron chi connectivity index (χ4n) is 4.06. The summed E-state index contributed by atoms with van der Waals surface area (Å²) in [7, 11) is 0.0875. The Labute approximate surface area is 194 Å². The summed E-state index contributed by atoms with van der Waals surface area (Å²) in [6.45, 7) is 2.58. The fraction of sp³-hybridized carbons (Fsp3) is 0.409. The van der Waals surface area contributed by atoms with Crippen LogP contribution < -0.4 is 19.1 Å². The van der Waals surface area contributed by atoms with E-state index in [1.165, 1.54) is 6.92 Å². The van der Waals surface area contributed by atoms with Crippen LogP contribution in [-0.2, 0) is 21.2 Å². The molecule has 0 saturated heterocycles. The highest BCUT2D eigenvalue weighted by atomic mass is 35.5. The lowest BCUT2D eigenvalue weighted by Crippen LogP contribution is -2.35. The lowest BCUT2D eigenvalue weighted by Gasteiger charge is -2.29. The molecular formula is C22H28ClN3O5S. The van der Waals surface area contributed by atoms with Crippen molar-refractivity contribution in [1.29, 1.82) is 0 Å². The standard InChI is InChI=1S/C22H27N3O5S.ClH/c1-15(26)25-10-4-5-16-11-18(7-8-19(16)25)31(27,28)23-13-20(24(2)3)17-6-9-21-22(12-17)30-14-29-21;/h6-9,11-12,20,23H,4-5,10,13-14H2,1-3H3;1H. The number of hydrogen-bond donors (Lipinski definition) is 1. The Balaban J connectivity index is 0.00000289. The number of nitrogens with zero attached hydrogens (tertiary/aromatic N) is 2. The van der Waals surface area contributed by atoms with Crippen molar-refractivity contribution in [2.75, 3.05) is 38.9 Å². The van der Waals surface area contributed by atoms with Gasteiger partial charge < -0.3 is 19.3 Å². The molecule has 0 aromatic heterocycles. The number of ether oxygens (including phenoxy) is 2. The van der Waals surface area contributed by atoms with E-state index in [4.69, 9.17) is 9.47 Å². The van der Waals surface area contributed by atoms with Crippen LogP contribution in [0.15, 0.2) is 41.3 Å². The summed E-state index contributed by atoms with van der Waals surface area (Å²) in [6.07, 6.45) is 1.57. The SMILES string of the molecule is CC(=O)N1CCCc2cc(S(=O)(=O)NCC(c3ccc4c(c3)OCO4)N(C)C)ccc21.Cl. The van der Waals surface area contributed by atoms with Crippen LogP contribution in [0.3, 0.4) is 0 Å². The molecule has 174 valence electrons. The minimum absolute atomic E-state index is 0. The van der Waals surface area contributed by atoms with Crippen molar-refractivity contribution in [3.8, 4) is 11.5 Å². The predicted octanol–water partition coefficient (Wildman–Crippen LogP) is 2.72. The van der Waals surface area contributed by atoms with E-state index in [9.17, 15) is 13.2 Å². The number of carbonyl (C=O) groups excluding carboxylic acids is 1. The number of rotatable bonds is 6. The van der Waals surface area contributed by atoms with Gasteiger partial charge in [-0.15, -0.1) is 12.4 Å². The first kappa shape index (κ1) is 24.3. The van der Waals surface area contributed by atoms with Crippen molar-refractivity contribution in [2.45, 2.75) is 30.7 Å². The Bertz CT molecular complexity index is 1110. The van der Waals surface area contributed by atoms with Crippen LogP contribution in [0.4, 0.5) is 5.69 Å². The molecule has 0 saturated carbocycles. The number of likely N-dealkylation sites (N-methyl/N-ethyl adjacent to an activating group) is 1. The Morgan fingerprint density at radius 2 is 1.91 bits per heavy atom. The molecule has 2 aliphatic heterocycles. The zero-order chi connectivity index (χ0) is 22.2. The maximum Gasteiger partial charge on any atom is 0.240 e. The lowest BCUT2D eigenvalue weighted by molar-refractivity contribution is -0.116. The number of benzene rings is 2. The monoisotopic (exact) mass is 481 g/mol. The van der Waals surface area contributed by atoms with Crippen molar-refractivity contribution >= 4 is 34.0 Å². The van der Waals surface area contributed by atoms with Crippen molar-refractivity contribution in [3.05, 3.63) is 47.5 Å². The average molecular weight is 482 g/mol. The van der Waals surface area contributed by atoms with Gasteiger partial charge in [0, 0.05) is 31.7 Å². The van der Waals surface area contributed by atoms with E-state index in [1.807, 2.05) is 37.2 Å². The smallest absolute Gasteiger partial charge is 0.240 e. The van der Waals surface area contributed by atoms with Crippen LogP contribution >= 0.6 is 12.4 Å². The zero-order valence-electron chi connectivity index (χ0n) is 18.3. The van der Waals surface area contributed by atoms with Gasteiger partial charge in [0.05, 0.1) is 4.90 Å². The highest BCUT2D eigenvalue weighted by Gasteiger charge is 2.25. The van der Waals surface area contributed by atoms with Crippen LogP contribution in [-0.4, -0.2) is 53.2 Å². The molecule has 1 atom stereocenters. The van der Waals surface area contributed by atoms with Crippen molar-refractivity contribution in [1.82, 2.24) is 9.62 Å². The largest absolute Gasteiger partial charge is 0.454 e. The molecule has 0 aliphatic carbocycles. The van der Waals surface area contributed by atoms with Gasteiger partial charge in [0.15, 0.2) is 11.5 Å². The Kier molecular flexibility index (Phi) is 7.34. The summed E-state index contributed by atoms with van der Waals surface area (Å²) in [5.41, 5.74) is 2.60. The van der Waals surface area contributed by atoms with Gasteiger partial charge >= 0.3 is 0 Å². The van der Waals surface area contributed by atoms with E-state index in [-0.39, 0.29) is 42.6 Å². The summed E-state index contributed by atoms with van der Waals surface area (Å²) < 4.78 is 39.6. The lowest BCUT2D eigenvalue weighted by atomic mass is 10.0. The summed E-state index contributed by atoms with van der Waals surface area (Å²) in [5, 5.41) is 0. The molecule has 2 aromatic carbocycles. The molecule has 2 aliphatic rings. The summed E-state index contributed by atoms with van der Waals surface area (Å²) in [4.78, 5) is 15.7. The predicted molar refractivity (Wildman–Crippen MR) is 124 cm³/mol. The molecule has 1 N–H and O–H groups in total. The number of aryl methyl sites for hydroxylation is 1. The topological polar surface area (TPSA) is 88.2 Å². The maximum absolute atomic E-state index is 13.0. The van der Waals surface area contributed by atoms with Crippen LogP contribution in [0.5, 0.6) is 11.5 Å². The third kappa shape index (κ3) is 4.85. The number of amides is 1. The Morgan fingerprint density at radius 1 is 1.16 bits per heavy atom. The van der Waals surface area contributed by atoms with Gasteiger partial charge in [0.25, 0.3) is 0 Å². The molecule has 2 aromatic rings. The molecule has 0 spiro atoms. The molecule has 0 bridgehead atoms. The molecule has 4 rings (SSSR count). The summed E-state index contributed by atoms with van der Waals surface area (Å²) in [5.74, 6) is 1.32. The zero-order valence-corrected chi connectivity index (χ0v) is 20.0. The van der Waals surface area contributed by atoms with E-state index in [2.05, 4.69) is 4.72 Å². The number of hydrogen-bond acceptors (Lipinski definition) is 6. The van der Waals surface area contributed by atoms with E-state index in [0.717, 1.165) is 29.7 Å². The highest BCUT2D eigenvalue weighted by molar-refractivity contribution is 7.89. The second kappa shape index (κ2) is 9.66. The molecule has 32 heavy (non-hydrogen) atoms. The molecule has 1 amide bonds. The van der Waals surface area contributed by atoms with E-state index < -0.39 is 10.0 Å². The first-order valence-electron chi connectivity index (χ1n) is 10.2. The number of fused-ring (bicyclic) bond motifs is 2. The second-order valence-corrected chi connectivity index (χ2v) is 9.78. The van der Waals surface area contributed by atoms with E-state index in [1.54, 1.807) is 23.1 Å². The van der Waals surface area contributed by atoms with Gasteiger partial charge in [-0.2, -0.15) is 0 Å². The number of sulfonamides is 1. The van der Waals surface area contributed by atoms with Crippen LogP contribution in [0.1, 0.15) is 30.5 Å². The number of halogens is 1. The second-order valence-electron chi connectivity index (χ2n) is 8.01. The fourth-order valence-corrected chi connectivity index (χ4v) is 5.15. The van der Waals surface area contributed by atoms with Crippen molar-refractivity contribution in [3.63, 3.8) is 0 Å². The summed E-state index contributed by atoms with van der Waals surface area (Å²) in [6, 6.07) is 10.4. The van der Waals surface area contributed by atoms with E-state index in [0.29, 0.717) is 18.0 Å². The molecule has 2 heterocycles. The molecule has 1 unspecified atom stereocenters. The van der Waals surface area contributed by atoms with Gasteiger partial charge in [0.2, 0.25) is 22.7 Å². The Hall–Kier alpha value is -2.33. The number of nitrogens with one attached hydrogen (secondary N) is 1. The maximum atomic E-state index is 13.0. The van der Waals surface area contributed by atoms with Crippen molar-refractivity contribution < 1.29 is 22.7 Å². The molecule has 10 heteroatoms. The number of carbonyl (C=O) groups is 1. The molecule has 0 fully saturated rings. The van der Waals surface area contributed by atoms with Gasteiger partial charge in [-0.3, -0.25) is 4.79 Å². The average Bonchev–Trinajstić information content (AvgIpc) is 3.20. The first-order valence-corrected chi connectivity index (χ1v) is 11.7. The normalized spacial score (nSPS) is 15.8. The van der Waals surface area contributed by atoms with Gasteiger partial charge in [-0.1, -0.05) is 6.07 Å². The number of anilines is 1. The van der Waals surface area contributed by atoms with Gasteiger partial charge in [-0.05, 0) is 68.4 Å². The molecule has 0 radical (unpaired) electrons. The molecule has 8 nitrogen and oxygen atoms in total. The van der Waals surface area contributed by atoms with E-state index >= 15 is 0 Å². The van der Waals surface area contributed by atoms with Crippen LogP contribution in [0.25, 0.3) is 0 Å². The first-order chi connectivity index (χ1) is 14.8. The molecular weight excluding hydrogens is 454 g/mol. The van der Waals surface area contributed by atoms with Crippen molar-refractivity contribution in [2.24, 2.45) is 0 Å². The van der Waals surface area contributed by atoms with Crippen LogP contribution in [0.2, 0.25) is 0 Å².